The Hall–Kier alpha value is -3.06. The zero-order valence-electron chi connectivity index (χ0n) is 17.7. The summed E-state index contributed by atoms with van der Waals surface area (Å²) in [6.45, 7) is 2.83. The van der Waals surface area contributed by atoms with Gasteiger partial charge in [-0.05, 0) is 68.5 Å². The lowest BCUT2D eigenvalue weighted by atomic mass is 9.87. The smallest absolute Gasteiger partial charge is 0.254 e. The van der Waals surface area contributed by atoms with Crippen LogP contribution in [0.2, 0.25) is 0 Å². The van der Waals surface area contributed by atoms with Crippen LogP contribution in [0.3, 0.4) is 0 Å². The Balaban J connectivity index is 1.50. The standard InChI is InChI=1S/C24H31N5O2/c25-22(17-6-8-19(9-7-17)31-18-4-2-1-3-5-18)21(23(26)30)24-28-15-12-20(29-24)16-10-13-27-14-11-16/h1-6,8,16,20,25,27-29H,7,9-15H2,(H2,26,30)/b24-21+,25-22?/t20-/m0/s1. The van der Waals surface area contributed by atoms with E-state index in [1.54, 1.807) is 0 Å². The van der Waals surface area contributed by atoms with Crippen molar-refractivity contribution in [3.63, 3.8) is 0 Å². The molecule has 31 heavy (non-hydrogen) atoms. The number of ether oxygens (including phenoxy) is 1. The molecule has 2 saturated heterocycles. The zero-order valence-corrected chi connectivity index (χ0v) is 17.7. The van der Waals surface area contributed by atoms with E-state index >= 15 is 0 Å². The second kappa shape index (κ2) is 9.83. The first-order valence-corrected chi connectivity index (χ1v) is 11.1. The van der Waals surface area contributed by atoms with Gasteiger partial charge in [-0.3, -0.25) is 10.2 Å². The number of carbonyl (C=O) groups excluding carboxylic acids is 1. The van der Waals surface area contributed by atoms with Gasteiger partial charge in [0.2, 0.25) is 0 Å². The van der Waals surface area contributed by atoms with Gasteiger partial charge in [0.25, 0.3) is 5.91 Å². The highest BCUT2D eigenvalue weighted by Crippen LogP contribution is 2.26. The molecule has 1 aliphatic carbocycles. The van der Waals surface area contributed by atoms with Crippen molar-refractivity contribution in [2.75, 3.05) is 19.6 Å². The van der Waals surface area contributed by atoms with Gasteiger partial charge in [-0.2, -0.15) is 0 Å². The van der Waals surface area contributed by atoms with Gasteiger partial charge in [0, 0.05) is 19.0 Å². The van der Waals surface area contributed by atoms with Crippen molar-refractivity contribution >= 4 is 11.6 Å². The van der Waals surface area contributed by atoms with Crippen molar-refractivity contribution in [3.05, 3.63) is 65.2 Å². The molecule has 6 N–H and O–H groups in total. The fraction of sp³-hybridized carbons (Fsp3) is 0.417. The third kappa shape index (κ3) is 5.17. The van der Waals surface area contributed by atoms with Gasteiger partial charge in [-0.15, -0.1) is 0 Å². The monoisotopic (exact) mass is 421 g/mol. The number of rotatable bonds is 6. The average Bonchev–Trinajstić information content (AvgIpc) is 2.81. The minimum absolute atomic E-state index is 0.184. The number of nitrogens with two attached hydrogens (primary N) is 1. The van der Waals surface area contributed by atoms with E-state index in [0.29, 0.717) is 30.6 Å². The highest BCUT2D eigenvalue weighted by molar-refractivity contribution is 6.26. The first-order chi connectivity index (χ1) is 15.1. The molecule has 0 bridgehead atoms. The van der Waals surface area contributed by atoms with Crippen LogP contribution in [-0.4, -0.2) is 37.3 Å². The second-order valence-corrected chi connectivity index (χ2v) is 8.28. The van der Waals surface area contributed by atoms with Crippen LogP contribution in [0, 0.1) is 11.3 Å². The van der Waals surface area contributed by atoms with Crippen LogP contribution in [0.5, 0.6) is 5.75 Å². The lowest BCUT2D eigenvalue weighted by Crippen LogP contribution is -2.50. The highest BCUT2D eigenvalue weighted by atomic mass is 16.5. The molecule has 1 aromatic carbocycles. The maximum Gasteiger partial charge on any atom is 0.254 e. The minimum atomic E-state index is -0.581. The molecule has 1 aromatic rings. The number of primary amides is 1. The SMILES string of the molecule is N=C(C1=CC=C(Oc2ccccc2)CC1)/C(C(N)=O)=C1/NCC[C@@H](C2CCNCC2)N1. The Labute approximate surface area is 183 Å². The summed E-state index contributed by atoms with van der Waals surface area (Å²) in [6.07, 6.45) is 8.27. The van der Waals surface area contributed by atoms with E-state index in [1.807, 2.05) is 42.5 Å². The molecule has 0 saturated carbocycles. The van der Waals surface area contributed by atoms with Gasteiger partial charge in [-0.1, -0.05) is 24.3 Å². The molecule has 4 rings (SSSR count). The molecule has 7 heteroatoms. The van der Waals surface area contributed by atoms with Crippen molar-refractivity contribution in [1.29, 1.82) is 5.41 Å². The van der Waals surface area contributed by atoms with Crippen molar-refractivity contribution in [2.45, 2.75) is 38.1 Å². The number of allylic oxidation sites excluding steroid dienone is 4. The van der Waals surface area contributed by atoms with Crippen LogP contribution >= 0.6 is 0 Å². The van der Waals surface area contributed by atoms with E-state index < -0.39 is 5.91 Å². The molecule has 2 fully saturated rings. The molecular weight excluding hydrogens is 390 g/mol. The van der Waals surface area contributed by atoms with E-state index in [0.717, 1.165) is 56.0 Å². The highest BCUT2D eigenvalue weighted by Gasteiger charge is 2.30. The Bertz CT molecular complexity index is 913. The summed E-state index contributed by atoms with van der Waals surface area (Å²) in [4.78, 5) is 12.3. The first-order valence-electron chi connectivity index (χ1n) is 11.1. The largest absolute Gasteiger partial charge is 0.462 e. The topological polar surface area (TPSA) is 112 Å². The predicted molar refractivity (Wildman–Crippen MR) is 122 cm³/mol. The summed E-state index contributed by atoms with van der Waals surface area (Å²) in [5, 5.41) is 18.9. The fourth-order valence-corrected chi connectivity index (χ4v) is 4.51. The molecule has 0 unspecified atom stereocenters. The van der Waals surface area contributed by atoms with Crippen LogP contribution < -0.4 is 26.4 Å². The van der Waals surface area contributed by atoms with Gasteiger partial charge in [0.05, 0.1) is 5.71 Å². The Morgan fingerprint density at radius 2 is 1.81 bits per heavy atom. The lowest BCUT2D eigenvalue weighted by Gasteiger charge is -2.37. The number of amides is 1. The van der Waals surface area contributed by atoms with E-state index in [9.17, 15) is 4.79 Å². The second-order valence-electron chi connectivity index (χ2n) is 8.28. The average molecular weight is 422 g/mol. The summed E-state index contributed by atoms with van der Waals surface area (Å²) in [5.41, 5.74) is 6.95. The molecule has 7 nitrogen and oxygen atoms in total. The third-order valence-electron chi connectivity index (χ3n) is 6.21. The van der Waals surface area contributed by atoms with Crippen LogP contribution in [0.15, 0.2) is 65.2 Å². The number of para-hydroxylation sites is 1. The summed E-state index contributed by atoms with van der Waals surface area (Å²) < 4.78 is 5.90. The molecule has 2 aliphatic heterocycles. The summed E-state index contributed by atoms with van der Waals surface area (Å²) in [5.74, 6) is 2.22. The van der Waals surface area contributed by atoms with Crippen LogP contribution in [0.4, 0.5) is 0 Å². The van der Waals surface area contributed by atoms with Gasteiger partial charge in [0.15, 0.2) is 0 Å². The summed E-state index contributed by atoms with van der Waals surface area (Å²) >= 11 is 0. The number of hydrogen-bond acceptors (Lipinski definition) is 6. The Morgan fingerprint density at radius 1 is 1.03 bits per heavy atom. The molecular formula is C24H31N5O2. The van der Waals surface area contributed by atoms with Gasteiger partial charge < -0.3 is 26.4 Å². The van der Waals surface area contributed by atoms with Crippen molar-refractivity contribution in [1.82, 2.24) is 16.0 Å². The molecule has 1 amide bonds. The number of nitrogens with one attached hydrogen (secondary N) is 4. The molecule has 164 valence electrons. The lowest BCUT2D eigenvalue weighted by molar-refractivity contribution is -0.114. The molecule has 0 aromatic heterocycles. The zero-order chi connectivity index (χ0) is 21.6. The maximum atomic E-state index is 12.3. The summed E-state index contributed by atoms with van der Waals surface area (Å²) in [7, 11) is 0. The molecule has 1 atom stereocenters. The fourth-order valence-electron chi connectivity index (χ4n) is 4.51. The number of piperidine rings is 1. The van der Waals surface area contributed by atoms with E-state index in [1.165, 1.54) is 0 Å². The summed E-state index contributed by atoms with van der Waals surface area (Å²) in [6, 6.07) is 9.94. The van der Waals surface area contributed by atoms with Gasteiger partial charge in [-0.25, -0.2) is 0 Å². The van der Waals surface area contributed by atoms with Crippen molar-refractivity contribution < 1.29 is 9.53 Å². The predicted octanol–water partition coefficient (Wildman–Crippen LogP) is 2.34. The van der Waals surface area contributed by atoms with E-state index in [4.69, 9.17) is 15.9 Å². The van der Waals surface area contributed by atoms with Crippen LogP contribution in [0.25, 0.3) is 0 Å². The van der Waals surface area contributed by atoms with Gasteiger partial charge >= 0.3 is 0 Å². The van der Waals surface area contributed by atoms with E-state index in [2.05, 4.69) is 16.0 Å². The molecule has 0 radical (unpaired) electrons. The maximum absolute atomic E-state index is 12.3. The number of benzene rings is 1. The quantitative estimate of drug-likeness (QED) is 0.358. The molecule has 2 heterocycles. The van der Waals surface area contributed by atoms with Crippen LogP contribution in [-0.2, 0) is 4.79 Å². The van der Waals surface area contributed by atoms with Gasteiger partial charge in [0.1, 0.15) is 22.9 Å². The third-order valence-corrected chi connectivity index (χ3v) is 6.21. The van der Waals surface area contributed by atoms with E-state index in [-0.39, 0.29) is 11.3 Å². The first kappa shape index (κ1) is 21.2. The molecule has 3 aliphatic rings. The Morgan fingerprint density at radius 3 is 2.48 bits per heavy atom. The van der Waals surface area contributed by atoms with Crippen molar-refractivity contribution in [2.24, 2.45) is 11.7 Å². The van der Waals surface area contributed by atoms with Crippen LogP contribution in [0.1, 0.15) is 32.1 Å². The normalized spacial score (nSPS) is 23.5. The Kier molecular flexibility index (Phi) is 6.72. The van der Waals surface area contributed by atoms with Crippen molar-refractivity contribution in [3.8, 4) is 5.75 Å². The number of carbonyl (C=O) groups is 1. The minimum Gasteiger partial charge on any atom is -0.462 e. The molecule has 0 spiro atoms. The number of hydrogen-bond donors (Lipinski definition) is 5.